The number of nitrogens with one attached hydrogen (secondary N) is 1. The number of carbonyl (C=O) groups is 1. The third kappa shape index (κ3) is 6.28. The van der Waals surface area contributed by atoms with Gasteiger partial charge in [-0.3, -0.25) is 4.79 Å². The summed E-state index contributed by atoms with van der Waals surface area (Å²) in [6, 6.07) is 14.5. The smallest absolute Gasteiger partial charge is 0.251 e. The second-order valence-electron chi connectivity index (χ2n) is 7.61. The predicted molar refractivity (Wildman–Crippen MR) is 120 cm³/mol. The highest BCUT2D eigenvalue weighted by Crippen LogP contribution is 2.16. The van der Waals surface area contributed by atoms with Crippen LogP contribution >= 0.6 is 11.6 Å². The van der Waals surface area contributed by atoms with Crippen molar-refractivity contribution in [3.05, 3.63) is 70.2 Å². The lowest BCUT2D eigenvalue weighted by atomic mass is 10.1. The monoisotopic (exact) mass is 449 g/mol. The Kier molecular flexibility index (Phi) is 7.88. The molecule has 1 heterocycles. The lowest BCUT2D eigenvalue weighted by Crippen LogP contribution is -2.47. The van der Waals surface area contributed by atoms with Crippen molar-refractivity contribution in [2.24, 2.45) is 0 Å². The van der Waals surface area contributed by atoms with Crippen molar-refractivity contribution < 1.29 is 13.2 Å². The number of sulfonamides is 1. The molecular weight excluding hydrogens is 422 g/mol. The number of likely N-dealkylation sites (N-methyl/N-ethyl adjacent to an activating group) is 1. The number of rotatable bonds is 8. The molecule has 0 spiro atoms. The second-order valence-corrected chi connectivity index (χ2v) is 9.98. The van der Waals surface area contributed by atoms with Crippen LogP contribution in [0.4, 0.5) is 0 Å². The first-order chi connectivity index (χ1) is 14.3. The van der Waals surface area contributed by atoms with Crippen molar-refractivity contribution in [3.8, 4) is 0 Å². The van der Waals surface area contributed by atoms with Gasteiger partial charge in [0.05, 0.1) is 5.75 Å². The van der Waals surface area contributed by atoms with Crippen molar-refractivity contribution in [1.29, 1.82) is 0 Å². The highest BCUT2D eigenvalue weighted by atomic mass is 35.5. The standard InChI is InChI=1S/C22H28ClN3O3S/c1-25-13-15-26(16-14-25)30(28,29)17-18-8-10-20(11-9-18)22(27)24-12-4-6-19-5-2-3-7-21(19)23/h2-3,5,7-11H,4,6,12-17H2,1H3,(H,24,27). The zero-order valence-electron chi connectivity index (χ0n) is 17.2. The molecule has 1 saturated heterocycles. The van der Waals surface area contributed by atoms with Crippen molar-refractivity contribution in [3.63, 3.8) is 0 Å². The summed E-state index contributed by atoms with van der Waals surface area (Å²) < 4.78 is 26.8. The maximum Gasteiger partial charge on any atom is 0.251 e. The zero-order chi connectivity index (χ0) is 21.6. The minimum Gasteiger partial charge on any atom is -0.352 e. The van der Waals surface area contributed by atoms with E-state index < -0.39 is 10.0 Å². The van der Waals surface area contributed by atoms with Crippen molar-refractivity contribution in [2.45, 2.75) is 18.6 Å². The van der Waals surface area contributed by atoms with Gasteiger partial charge in [0.15, 0.2) is 0 Å². The highest BCUT2D eigenvalue weighted by molar-refractivity contribution is 7.88. The van der Waals surface area contributed by atoms with E-state index in [4.69, 9.17) is 11.6 Å². The molecule has 2 aromatic rings. The third-order valence-corrected chi connectivity index (χ3v) is 7.51. The Labute approximate surface area is 183 Å². The second kappa shape index (κ2) is 10.4. The van der Waals surface area contributed by atoms with Gasteiger partial charge in [-0.05, 0) is 49.2 Å². The Morgan fingerprint density at radius 1 is 1.03 bits per heavy atom. The van der Waals surface area contributed by atoms with E-state index in [9.17, 15) is 13.2 Å². The summed E-state index contributed by atoms with van der Waals surface area (Å²) in [7, 11) is -1.35. The number of halogens is 1. The fraction of sp³-hybridized carbons (Fsp3) is 0.409. The molecule has 1 N–H and O–H groups in total. The molecule has 8 heteroatoms. The first kappa shape index (κ1) is 22.7. The lowest BCUT2D eigenvalue weighted by molar-refractivity contribution is 0.0953. The fourth-order valence-corrected chi connectivity index (χ4v) is 5.15. The molecular formula is C22H28ClN3O3S. The van der Waals surface area contributed by atoms with Gasteiger partial charge in [-0.15, -0.1) is 0 Å². The van der Waals surface area contributed by atoms with Gasteiger partial charge in [0.25, 0.3) is 5.91 Å². The Hall–Kier alpha value is -1.93. The van der Waals surface area contributed by atoms with E-state index in [0.29, 0.717) is 30.8 Å². The minimum absolute atomic E-state index is 0.0452. The predicted octanol–water partition coefficient (Wildman–Crippen LogP) is 2.78. The molecule has 1 aliphatic rings. The van der Waals surface area contributed by atoms with E-state index in [1.807, 2.05) is 31.3 Å². The number of hydrogen-bond donors (Lipinski definition) is 1. The summed E-state index contributed by atoms with van der Waals surface area (Å²) >= 11 is 6.14. The first-order valence-electron chi connectivity index (χ1n) is 10.1. The van der Waals surface area contributed by atoms with Crippen LogP contribution in [0.3, 0.4) is 0 Å². The van der Waals surface area contributed by atoms with Crippen molar-refractivity contribution in [1.82, 2.24) is 14.5 Å². The molecule has 162 valence electrons. The molecule has 1 amide bonds. The van der Waals surface area contributed by atoms with Crippen LogP contribution in [-0.4, -0.2) is 63.3 Å². The third-order valence-electron chi connectivity index (χ3n) is 5.29. The average molecular weight is 450 g/mol. The number of hydrogen-bond acceptors (Lipinski definition) is 4. The van der Waals surface area contributed by atoms with Gasteiger partial charge in [0, 0.05) is 43.3 Å². The topological polar surface area (TPSA) is 69.7 Å². The van der Waals surface area contributed by atoms with E-state index in [-0.39, 0.29) is 11.7 Å². The minimum atomic E-state index is -3.35. The molecule has 2 aromatic carbocycles. The van der Waals surface area contributed by atoms with Crippen LogP contribution < -0.4 is 5.32 Å². The quantitative estimate of drug-likeness (QED) is 0.629. The summed E-state index contributed by atoms with van der Waals surface area (Å²) in [6.07, 6.45) is 1.58. The van der Waals surface area contributed by atoms with Crippen molar-refractivity contribution >= 4 is 27.5 Å². The van der Waals surface area contributed by atoms with Crippen LogP contribution in [0.25, 0.3) is 0 Å². The average Bonchev–Trinajstić information content (AvgIpc) is 2.73. The van der Waals surface area contributed by atoms with Gasteiger partial charge < -0.3 is 10.2 Å². The summed E-state index contributed by atoms with van der Waals surface area (Å²) in [6.45, 7) is 3.08. The summed E-state index contributed by atoms with van der Waals surface area (Å²) in [4.78, 5) is 14.4. The van der Waals surface area contributed by atoms with E-state index in [0.717, 1.165) is 36.5 Å². The molecule has 30 heavy (non-hydrogen) atoms. The maximum absolute atomic E-state index is 12.6. The van der Waals surface area contributed by atoms with Crippen LogP contribution in [0.2, 0.25) is 5.02 Å². The van der Waals surface area contributed by atoms with E-state index in [1.54, 1.807) is 28.6 Å². The highest BCUT2D eigenvalue weighted by Gasteiger charge is 2.25. The molecule has 0 aromatic heterocycles. The van der Waals surface area contributed by atoms with E-state index in [2.05, 4.69) is 10.2 Å². The Morgan fingerprint density at radius 2 is 1.70 bits per heavy atom. The lowest BCUT2D eigenvalue weighted by Gasteiger charge is -2.31. The van der Waals surface area contributed by atoms with Gasteiger partial charge in [-0.2, -0.15) is 4.31 Å². The number of aryl methyl sites for hydroxylation is 1. The zero-order valence-corrected chi connectivity index (χ0v) is 18.8. The number of benzene rings is 2. The van der Waals surface area contributed by atoms with Crippen LogP contribution in [0.5, 0.6) is 0 Å². The van der Waals surface area contributed by atoms with E-state index >= 15 is 0 Å². The molecule has 1 aliphatic heterocycles. The summed E-state index contributed by atoms with van der Waals surface area (Å²) in [5, 5.41) is 3.64. The molecule has 0 aliphatic carbocycles. The summed E-state index contributed by atoms with van der Waals surface area (Å²) in [5.74, 6) is -0.209. The SMILES string of the molecule is CN1CCN(S(=O)(=O)Cc2ccc(C(=O)NCCCc3ccccc3Cl)cc2)CC1. The Morgan fingerprint density at radius 3 is 2.37 bits per heavy atom. The largest absolute Gasteiger partial charge is 0.352 e. The van der Waals surface area contributed by atoms with Gasteiger partial charge in [0.1, 0.15) is 0 Å². The molecule has 0 unspecified atom stereocenters. The maximum atomic E-state index is 12.6. The van der Waals surface area contributed by atoms with Crippen LogP contribution in [0.1, 0.15) is 27.9 Å². The number of amides is 1. The molecule has 6 nitrogen and oxygen atoms in total. The van der Waals surface area contributed by atoms with Gasteiger partial charge in [0.2, 0.25) is 10.0 Å². The van der Waals surface area contributed by atoms with Gasteiger partial charge >= 0.3 is 0 Å². The van der Waals surface area contributed by atoms with E-state index in [1.165, 1.54) is 0 Å². The molecule has 0 atom stereocenters. The molecule has 1 fully saturated rings. The van der Waals surface area contributed by atoms with Crippen molar-refractivity contribution in [2.75, 3.05) is 39.8 Å². The number of piperazine rings is 1. The molecule has 3 rings (SSSR count). The normalized spacial score (nSPS) is 15.8. The number of carbonyl (C=O) groups excluding carboxylic acids is 1. The molecule has 0 radical (unpaired) electrons. The number of nitrogens with zero attached hydrogens (tertiary/aromatic N) is 2. The first-order valence-corrected chi connectivity index (χ1v) is 12.1. The molecule has 0 bridgehead atoms. The Balaban J connectivity index is 1.47. The van der Waals surface area contributed by atoms with Gasteiger partial charge in [-0.25, -0.2) is 8.42 Å². The Bertz CT molecular complexity index is 956. The molecule has 0 saturated carbocycles. The van der Waals surface area contributed by atoms with Gasteiger partial charge in [-0.1, -0.05) is 41.9 Å². The summed E-state index contributed by atoms with van der Waals surface area (Å²) in [5.41, 5.74) is 2.28. The fourth-order valence-electron chi connectivity index (χ4n) is 3.40. The van der Waals surface area contributed by atoms with Crippen LogP contribution in [-0.2, 0) is 22.2 Å². The van der Waals surface area contributed by atoms with Crippen LogP contribution in [0.15, 0.2) is 48.5 Å². The van der Waals surface area contributed by atoms with Crippen LogP contribution in [0, 0.1) is 0 Å².